The van der Waals surface area contributed by atoms with Crippen LogP contribution in [0.2, 0.25) is 0 Å². The van der Waals surface area contributed by atoms with Gasteiger partial charge in [-0.05, 0) is 25.3 Å². The zero-order chi connectivity index (χ0) is 21.8. The van der Waals surface area contributed by atoms with Crippen LogP contribution in [0.15, 0.2) is 36.4 Å². The molecule has 0 radical (unpaired) electrons. The maximum absolute atomic E-state index is 13.1. The second-order valence-electron chi connectivity index (χ2n) is 7.23. The van der Waals surface area contributed by atoms with E-state index in [1.165, 1.54) is 0 Å². The molecule has 164 valence electrons. The smallest absolute Gasteiger partial charge is 0.208 e. The Morgan fingerprint density at radius 3 is 1.90 bits per heavy atom. The minimum Gasteiger partial charge on any atom is -0.504 e. The van der Waals surface area contributed by atoms with Crippen LogP contribution in [0.1, 0.15) is 75.2 Å². The Labute approximate surface area is 180 Å². The summed E-state index contributed by atoms with van der Waals surface area (Å²) in [5.74, 6) is 0.511. The van der Waals surface area contributed by atoms with Crippen LogP contribution in [0.25, 0.3) is 0 Å². The van der Waals surface area contributed by atoms with E-state index in [0.29, 0.717) is 36.9 Å². The fourth-order valence-corrected chi connectivity index (χ4v) is 2.87. The van der Waals surface area contributed by atoms with Crippen LogP contribution < -0.4 is 14.2 Å². The van der Waals surface area contributed by atoms with Gasteiger partial charge in [-0.1, -0.05) is 70.4 Å². The fraction of sp³-hybridized carbons (Fsp3) is 0.480. The van der Waals surface area contributed by atoms with Gasteiger partial charge in [-0.15, -0.1) is 0 Å². The molecule has 2 aromatic carbocycles. The molecule has 0 saturated heterocycles. The highest BCUT2D eigenvalue weighted by atomic mass is 16.5. The van der Waals surface area contributed by atoms with Crippen LogP contribution >= 0.6 is 0 Å². The molecular weight excluding hydrogens is 380 g/mol. The largest absolute Gasteiger partial charge is 0.504 e. The molecule has 2 rings (SSSR count). The lowest BCUT2D eigenvalue weighted by molar-refractivity contribution is 0.103. The third kappa shape index (κ3) is 6.41. The van der Waals surface area contributed by atoms with E-state index in [-0.39, 0.29) is 22.8 Å². The Hall–Kier alpha value is -2.69. The zero-order valence-corrected chi connectivity index (χ0v) is 18.4. The molecule has 0 bridgehead atoms. The van der Waals surface area contributed by atoms with Crippen LogP contribution in [-0.4, -0.2) is 30.7 Å². The van der Waals surface area contributed by atoms with Crippen molar-refractivity contribution < 1.29 is 24.1 Å². The number of benzene rings is 2. The van der Waals surface area contributed by atoms with Crippen LogP contribution in [0, 0.1) is 0 Å². The zero-order valence-electron chi connectivity index (χ0n) is 18.4. The molecule has 0 amide bonds. The Morgan fingerprint density at radius 2 is 1.33 bits per heavy atom. The molecule has 0 heterocycles. The van der Waals surface area contributed by atoms with Gasteiger partial charge in [0.2, 0.25) is 11.5 Å². The van der Waals surface area contributed by atoms with Gasteiger partial charge >= 0.3 is 0 Å². The van der Waals surface area contributed by atoms with Gasteiger partial charge in [0.25, 0.3) is 0 Å². The first-order chi connectivity index (χ1) is 14.6. The summed E-state index contributed by atoms with van der Waals surface area (Å²) in [6, 6.07) is 10.5. The highest BCUT2D eigenvalue weighted by Crippen LogP contribution is 2.47. The van der Waals surface area contributed by atoms with Crippen molar-refractivity contribution in [2.24, 2.45) is 0 Å². The topological polar surface area (TPSA) is 65.0 Å². The molecule has 0 aromatic heterocycles. The number of rotatable bonds is 14. The molecule has 2 aromatic rings. The van der Waals surface area contributed by atoms with E-state index >= 15 is 0 Å². The number of ketones is 1. The van der Waals surface area contributed by atoms with Crippen molar-refractivity contribution in [2.45, 2.75) is 59.3 Å². The average Bonchev–Trinajstić information content (AvgIpc) is 2.77. The second-order valence-corrected chi connectivity index (χ2v) is 7.23. The molecular formula is C25H34O5. The fourth-order valence-electron chi connectivity index (χ4n) is 2.87. The summed E-state index contributed by atoms with van der Waals surface area (Å²) in [5, 5.41) is 11.0. The summed E-state index contributed by atoms with van der Waals surface area (Å²) in [6.07, 6.45) is 5.50. The second kappa shape index (κ2) is 12.8. The van der Waals surface area contributed by atoms with Crippen LogP contribution in [0.5, 0.6) is 23.0 Å². The predicted molar refractivity (Wildman–Crippen MR) is 119 cm³/mol. The van der Waals surface area contributed by atoms with E-state index < -0.39 is 0 Å². The standard InChI is InChI=1S/C25H34O5/c1-4-7-15-28-21-18-20(22(26)19-13-11-10-12-14-19)23(27)25(30-17-9-6-3)24(21)29-16-8-5-2/h10-14,18,27H,4-9,15-17H2,1-3H3. The summed E-state index contributed by atoms with van der Waals surface area (Å²) >= 11 is 0. The summed E-state index contributed by atoms with van der Waals surface area (Å²) in [7, 11) is 0. The minimum atomic E-state index is -0.283. The van der Waals surface area contributed by atoms with Gasteiger partial charge < -0.3 is 19.3 Å². The molecule has 0 saturated carbocycles. The van der Waals surface area contributed by atoms with Crippen LogP contribution in [0.3, 0.4) is 0 Å². The number of unbranched alkanes of at least 4 members (excludes halogenated alkanes) is 3. The van der Waals surface area contributed by atoms with Crippen molar-refractivity contribution in [2.75, 3.05) is 19.8 Å². The van der Waals surface area contributed by atoms with Crippen molar-refractivity contribution in [1.82, 2.24) is 0 Å². The summed E-state index contributed by atoms with van der Waals surface area (Å²) in [6.45, 7) is 7.64. The summed E-state index contributed by atoms with van der Waals surface area (Å²) < 4.78 is 17.8. The number of carbonyl (C=O) groups is 1. The Morgan fingerprint density at radius 1 is 0.800 bits per heavy atom. The molecule has 1 N–H and O–H groups in total. The molecule has 0 fully saturated rings. The molecule has 0 aliphatic heterocycles. The minimum absolute atomic E-state index is 0.155. The van der Waals surface area contributed by atoms with Crippen molar-refractivity contribution in [1.29, 1.82) is 0 Å². The van der Waals surface area contributed by atoms with E-state index in [9.17, 15) is 9.90 Å². The molecule has 0 unspecified atom stereocenters. The number of carbonyl (C=O) groups excluding carboxylic acids is 1. The van der Waals surface area contributed by atoms with E-state index in [4.69, 9.17) is 14.2 Å². The van der Waals surface area contributed by atoms with Crippen molar-refractivity contribution in [3.05, 3.63) is 47.5 Å². The van der Waals surface area contributed by atoms with Gasteiger partial charge in [-0.3, -0.25) is 4.79 Å². The van der Waals surface area contributed by atoms with E-state index in [1.807, 2.05) is 6.07 Å². The maximum atomic E-state index is 13.1. The van der Waals surface area contributed by atoms with Crippen LogP contribution in [-0.2, 0) is 0 Å². The van der Waals surface area contributed by atoms with Gasteiger partial charge in [0.1, 0.15) is 0 Å². The number of hydrogen-bond donors (Lipinski definition) is 1. The van der Waals surface area contributed by atoms with Crippen molar-refractivity contribution in [3.63, 3.8) is 0 Å². The van der Waals surface area contributed by atoms with E-state index in [0.717, 1.165) is 38.5 Å². The molecule has 0 aliphatic carbocycles. The Bertz CT molecular complexity index is 786. The van der Waals surface area contributed by atoms with Gasteiger partial charge in [0.15, 0.2) is 17.3 Å². The number of phenolic OH excluding ortho intramolecular Hbond substituents is 1. The Balaban J connectivity index is 2.51. The van der Waals surface area contributed by atoms with Gasteiger partial charge in [0.05, 0.1) is 25.4 Å². The normalized spacial score (nSPS) is 10.6. The molecule has 0 aliphatic rings. The lowest BCUT2D eigenvalue weighted by Crippen LogP contribution is -2.09. The highest BCUT2D eigenvalue weighted by Gasteiger charge is 2.26. The number of aromatic hydroxyl groups is 1. The van der Waals surface area contributed by atoms with Crippen molar-refractivity contribution in [3.8, 4) is 23.0 Å². The number of hydrogen-bond acceptors (Lipinski definition) is 5. The summed E-state index contributed by atoms with van der Waals surface area (Å²) in [4.78, 5) is 13.1. The lowest BCUT2D eigenvalue weighted by Gasteiger charge is -2.20. The van der Waals surface area contributed by atoms with Gasteiger partial charge in [-0.25, -0.2) is 0 Å². The first kappa shape index (κ1) is 23.6. The van der Waals surface area contributed by atoms with E-state index in [2.05, 4.69) is 20.8 Å². The SMILES string of the molecule is CCCCOc1cc(C(=O)c2ccccc2)c(O)c(OCCCC)c1OCCCC. The molecule has 30 heavy (non-hydrogen) atoms. The lowest BCUT2D eigenvalue weighted by atomic mass is 10.0. The monoisotopic (exact) mass is 414 g/mol. The number of phenols is 1. The van der Waals surface area contributed by atoms with Gasteiger partial charge in [-0.2, -0.15) is 0 Å². The van der Waals surface area contributed by atoms with E-state index in [1.54, 1.807) is 30.3 Å². The molecule has 0 spiro atoms. The molecule has 5 nitrogen and oxygen atoms in total. The predicted octanol–water partition coefficient (Wildman–Crippen LogP) is 6.16. The van der Waals surface area contributed by atoms with Gasteiger partial charge in [0, 0.05) is 5.56 Å². The highest BCUT2D eigenvalue weighted by molar-refractivity contribution is 6.11. The summed E-state index contributed by atoms with van der Waals surface area (Å²) in [5.41, 5.74) is 0.647. The first-order valence-electron chi connectivity index (χ1n) is 11.0. The molecule has 5 heteroatoms. The van der Waals surface area contributed by atoms with Crippen LogP contribution in [0.4, 0.5) is 0 Å². The maximum Gasteiger partial charge on any atom is 0.208 e. The first-order valence-corrected chi connectivity index (χ1v) is 11.0. The third-order valence-electron chi connectivity index (χ3n) is 4.70. The number of ether oxygens (including phenoxy) is 3. The van der Waals surface area contributed by atoms with Crippen molar-refractivity contribution >= 4 is 5.78 Å². The third-order valence-corrected chi connectivity index (χ3v) is 4.70. The quantitative estimate of drug-likeness (QED) is 0.296. The average molecular weight is 415 g/mol. The molecule has 0 atom stereocenters. The Kier molecular flexibility index (Phi) is 10.1.